The molecule has 6 rings (SSSR count). The second-order valence-corrected chi connectivity index (χ2v) is 20.4. The highest BCUT2D eigenvalue weighted by Crippen LogP contribution is 2.46. The molecule has 0 aromatic carbocycles. The summed E-state index contributed by atoms with van der Waals surface area (Å²) in [5.41, 5.74) is 9.22. The number of H-pyrrole nitrogens is 2. The fourth-order valence-electron chi connectivity index (χ4n) is 10.7. The van der Waals surface area contributed by atoms with Crippen LogP contribution in [0.2, 0.25) is 0 Å². The number of aryl methyl sites for hydroxylation is 2. The van der Waals surface area contributed by atoms with Crippen LogP contribution in [0.15, 0.2) is 24.3 Å². The van der Waals surface area contributed by atoms with Gasteiger partial charge in [0.1, 0.15) is 11.7 Å². The molecule has 0 radical (unpaired) electrons. The Labute approximate surface area is 387 Å². The highest BCUT2D eigenvalue weighted by atomic mass is 16.5. The third-order valence-electron chi connectivity index (χ3n) is 14.9. The lowest BCUT2D eigenvalue weighted by molar-refractivity contribution is -0.144. The van der Waals surface area contributed by atoms with E-state index in [2.05, 4.69) is 64.5 Å². The van der Waals surface area contributed by atoms with Crippen LogP contribution < -0.4 is 10.4 Å². The topological polar surface area (TPSA) is 150 Å². The van der Waals surface area contributed by atoms with Gasteiger partial charge < -0.3 is 29.7 Å². The number of carbonyl (C=O) groups excluding carboxylic acids is 2. The standard InChI is InChI=1S/C55H78N4O6/c1-13-39-34(7)41-29-46-48(38(11)60)36(9)43(57-46)27-42-35(8)40(52(58-42)50-51(55(63)64-12)54(62)49-37(10)44(59-53(49)50)28-45(39)56-41)23-24-47(61)65-26-25-33(6)22-16-21-32(5)20-15-19-31(4)18-14-17-30(2)3/h13,27-35,40,51,57,59-60,62H,14-26H2,1-12H3/b39-13+,42-27?,45-28?,46-29?,48-38-. The van der Waals surface area contributed by atoms with E-state index in [1.807, 2.05) is 39.0 Å². The smallest absolute Gasteiger partial charge is 0.321 e. The molecule has 354 valence electrons. The lowest BCUT2D eigenvalue weighted by Crippen LogP contribution is -2.18. The van der Waals surface area contributed by atoms with Gasteiger partial charge in [-0.15, -0.1) is 0 Å². The van der Waals surface area contributed by atoms with E-state index in [9.17, 15) is 19.8 Å². The van der Waals surface area contributed by atoms with Crippen LogP contribution in [-0.2, 0) is 19.1 Å². The minimum atomic E-state index is -1.09. The van der Waals surface area contributed by atoms with Crippen molar-refractivity contribution >= 4 is 51.1 Å². The van der Waals surface area contributed by atoms with Crippen LogP contribution >= 0.6 is 0 Å². The summed E-state index contributed by atoms with van der Waals surface area (Å²) in [6, 6.07) is 6.02. The van der Waals surface area contributed by atoms with Crippen molar-refractivity contribution in [3.63, 3.8) is 0 Å². The summed E-state index contributed by atoms with van der Waals surface area (Å²) >= 11 is 0. The number of aliphatic hydroxyl groups excluding tert-OH is 2. The minimum Gasteiger partial charge on any atom is -0.512 e. The third-order valence-corrected chi connectivity index (χ3v) is 14.9. The van der Waals surface area contributed by atoms with Crippen LogP contribution in [0.25, 0.3) is 39.2 Å². The number of aromatic amines is 2. The van der Waals surface area contributed by atoms with Gasteiger partial charge in [-0.1, -0.05) is 112 Å². The van der Waals surface area contributed by atoms with Crippen LogP contribution in [0.3, 0.4) is 0 Å². The van der Waals surface area contributed by atoms with Gasteiger partial charge in [-0.25, -0.2) is 0 Å². The van der Waals surface area contributed by atoms with Gasteiger partial charge >= 0.3 is 11.9 Å². The molecule has 5 heterocycles. The number of aliphatic hydroxyl groups is 2. The Bertz CT molecular complexity index is 2540. The summed E-state index contributed by atoms with van der Waals surface area (Å²) in [6.45, 7) is 23.9. The molecule has 0 spiro atoms. The van der Waals surface area contributed by atoms with Crippen LogP contribution in [-0.4, -0.2) is 55.8 Å². The van der Waals surface area contributed by atoms with E-state index >= 15 is 0 Å². The summed E-state index contributed by atoms with van der Waals surface area (Å²) in [4.78, 5) is 44.7. The molecule has 4 N–H and O–H groups in total. The van der Waals surface area contributed by atoms with Crippen molar-refractivity contribution in [3.8, 4) is 0 Å². The van der Waals surface area contributed by atoms with Crippen molar-refractivity contribution < 1.29 is 29.3 Å². The van der Waals surface area contributed by atoms with Gasteiger partial charge in [0.2, 0.25) is 0 Å². The predicted octanol–water partition coefficient (Wildman–Crippen LogP) is 12.4. The quantitative estimate of drug-likeness (QED) is 0.0869. The van der Waals surface area contributed by atoms with Gasteiger partial charge in [0.25, 0.3) is 0 Å². The fourth-order valence-corrected chi connectivity index (χ4v) is 10.7. The second kappa shape index (κ2) is 21.6. The SMILES string of the molecule is C/C=C1/c2cc3[nH]c4c(c5nc(cc6[nH]c(cc(n2)C1C)/c(=C(/C)O)c6C)C(C)C5CCC(=O)OCCC(C)CCCC(C)CCCC(C)CCCC(C)C)C(C(=O)OC)C(O)=c4c3C. The molecular weight excluding hydrogens is 813 g/mol. The molecule has 2 aliphatic heterocycles. The molecule has 10 heteroatoms. The van der Waals surface area contributed by atoms with Crippen molar-refractivity contribution in [3.05, 3.63) is 74.2 Å². The molecule has 65 heavy (non-hydrogen) atoms. The number of carbonyl (C=O) groups is 2. The zero-order valence-electron chi connectivity index (χ0n) is 41.5. The number of rotatable bonds is 19. The number of esters is 2. The number of hydrogen-bond acceptors (Lipinski definition) is 8. The summed E-state index contributed by atoms with van der Waals surface area (Å²) in [6.07, 6.45) is 15.1. The Morgan fingerprint density at radius 3 is 2.02 bits per heavy atom. The van der Waals surface area contributed by atoms with E-state index in [0.29, 0.717) is 46.2 Å². The zero-order valence-corrected chi connectivity index (χ0v) is 41.5. The molecule has 1 aliphatic carbocycles. The number of methoxy groups -OCH3 is 1. The Morgan fingerprint density at radius 2 is 1.42 bits per heavy atom. The average molecular weight is 891 g/mol. The van der Waals surface area contributed by atoms with E-state index in [1.54, 1.807) is 6.92 Å². The molecule has 0 saturated heterocycles. The van der Waals surface area contributed by atoms with E-state index < -0.39 is 11.9 Å². The highest BCUT2D eigenvalue weighted by Gasteiger charge is 2.41. The normalized spacial score (nSPS) is 20.6. The number of nitrogens with zero attached hydrogens (tertiary/aromatic N) is 2. The molecule has 8 bridgehead atoms. The maximum Gasteiger partial charge on any atom is 0.321 e. The molecule has 10 nitrogen and oxygen atoms in total. The molecule has 0 amide bonds. The minimum absolute atomic E-state index is 0.0127. The summed E-state index contributed by atoms with van der Waals surface area (Å²) < 4.78 is 11.2. The Balaban J connectivity index is 1.23. The van der Waals surface area contributed by atoms with Crippen LogP contribution in [0, 0.1) is 37.5 Å². The Kier molecular flexibility index (Phi) is 16.5. The Morgan fingerprint density at radius 1 is 0.815 bits per heavy atom. The van der Waals surface area contributed by atoms with Gasteiger partial charge in [-0.05, 0) is 99.1 Å². The number of allylic oxidation sites excluding steroid dienone is 2. The number of hydrogen-bond donors (Lipinski definition) is 4. The first-order valence-corrected chi connectivity index (χ1v) is 24.7. The molecule has 3 aromatic rings. The van der Waals surface area contributed by atoms with Gasteiger partial charge in [0.05, 0.1) is 47.6 Å². The van der Waals surface area contributed by atoms with Crippen molar-refractivity contribution in [2.75, 3.05) is 13.7 Å². The third kappa shape index (κ3) is 11.1. The van der Waals surface area contributed by atoms with E-state index in [0.717, 1.165) is 80.9 Å². The lowest BCUT2D eigenvalue weighted by atomic mass is 9.84. The highest BCUT2D eigenvalue weighted by molar-refractivity contribution is 5.96. The first kappa shape index (κ1) is 49.6. The molecule has 0 fully saturated rings. The second-order valence-electron chi connectivity index (χ2n) is 20.4. The molecule has 3 aliphatic rings. The molecule has 0 saturated carbocycles. The zero-order chi connectivity index (χ0) is 47.3. The van der Waals surface area contributed by atoms with Crippen molar-refractivity contribution in [1.29, 1.82) is 0 Å². The Hall–Kier alpha value is -4.86. The molecule has 3 aromatic heterocycles. The maximum absolute atomic E-state index is 13.7. The first-order valence-electron chi connectivity index (χ1n) is 24.7. The van der Waals surface area contributed by atoms with E-state index in [1.165, 1.54) is 58.5 Å². The van der Waals surface area contributed by atoms with Gasteiger partial charge in [0.15, 0.2) is 0 Å². The molecular formula is C55H78N4O6. The van der Waals surface area contributed by atoms with Crippen LogP contribution in [0.1, 0.15) is 203 Å². The maximum atomic E-state index is 13.7. The van der Waals surface area contributed by atoms with Crippen molar-refractivity contribution in [1.82, 2.24) is 19.9 Å². The monoisotopic (exact) mass is 891 g/mol. The number of ether oxygens (including phenoxy) is 2. The average Bonchev–Trinajstić information content (AvgIpc) is 4.00. The van der Waals surface area contributed by atoms with E-state index in [-0.39, 0.29) is 41.7 Å². The fraction of sp³-hybridized carbons (Fsp3) is 0.600. The number of fused-ring (bicyclic) bond motifs is 8. The summed E-state index contributed by atoms with van der Waals surface area (Å²) in [5.74, 6) is 0.549. The molecule has 7 atom stereocenters. The lowest BCUT2D eigenvalue weighted by Gasteiger charge is -2.19. The van der Waals surface area contributed by atoms with Crippen LogP contribution in [0.5, 0.6) is 0 Å². The van der Waals surface area contributed by atoms with Crippen LogP contribution in [0.4, 0.5) is 0 Å². The predicted molar refractivity (Wildman–Crippen MR) is 264 cm³/mol. The van der Waals surface area contributed by atoms with Crippen molar-refractivity contribution in [2.45, 2.75) is 177 Å². The largest absolute Gasteiger partial charge is 0.512 e. The summed E-state index contributed by atoms with van der Waals surface area (Å²) in [7, 11) is 1.33. The van der Waals surface area contributed by atoms with Gasteiger partial charge in [-0.3, -0.25) is 19.6 Å². The van der Waals surface area contributed by atoms with E-state index in [4.69, 9.17) is 19.4 Å². The first-order chi connectivity index (χ1) is 30.9. The van der Waals surface area contributed by atoms with Crippen molar-refractivity contribution in [2.24, 2.45) is 23.7 Å². The molecule has 7 unspecified atom stereocenters. The number of aromatic nitrogens is 4. The summed E-state index contributed by atoms with van der Waals surface area (Å²) in [5, 5.41) is 24.2. The number of nitrogens with one attached hydrogen (secondary N) is 2. The van der Waals surface area contributed by atoms with Gasteiger partial charge in [-0.2, -0.15) is 0 Å². The van der Waals surface area contributed by atoms with Gasteiger partial charge in [0, 0.05) is 56.9 Å².